The molecule has 0 spiro atoms. The van der Waals surface area contributed by atoms with Gasteiger partial charge in [-0.3, -0.25) is 4.98 Å². The van der Waals surface area contributed by atoms with Crippen LogP contribution in [0.4, 0.5) is 0 Å². The molecule has 0 aliphatic rings. The van der Waals surface area contributed by atoms with Crippen molar-refractivity contribution in [3.8, 4) is 11.3 Å². The maximum atomic E-state index is 4.99. The van der Waals surface area contributed by atoms with Crippen molar-refractivity contribution in [2.24, 2.45) is 0 Å². The van der Waals surface area contributed by atoms with Gasteiger partial charge in [-0.05, 0) is 62.3 Å². The number of rotatable bonds is 4. The molecule has 2 aromatic heterocycles. The molecule has 4 heteroatoms. The molecule has 0 aliphatic heterocycles. The fourth-order valence-corrected chi connectivity index (χ4v) is 11.8. The van der Waals surface area contributed by atoms with E-state index in [1.807, 2.05) is 17.5 Å². The highest BCUT2D eigenvalue weighted by atomic mass is 32.1. The van der Waals surface area contributed by atoms with Crippen molar-refractivity contribution < 1.29 is 0 Å². The third kappa shape index (κ3) is 4.64. The molecule has 3 aromatic carbocycles. The van der Waals surface area contributed by atoms with Crippen LogP contribution in [-0.4, -0.2) is 21.1 Å². The van der Waals surface area contributed by atoms with Gasteiger partial charge in [-0.2, -0.15) is 0 Å². The fourth-order valence-electron chi connectivity index (χ4n) is 5.54. The molecular formula is C33H39NSSi2. The molecule has 190 valence electrons. The molecule has 37 heavy (non-hydrogen) atoms. The molecular weight excluding hydrogens is 499 g/mol. The molecule has 0 radical (unpaired) electrons. The fraction of sp³-hybridized carbons (Fsp3) is 0.303. The summed E-state index contributed by atoms with van der Waals surface area (Å²) in [5.41, 5.74) is 5.21. The van der Waals surface area contributed by atoms with Crippen molar-refractivity contribution in [3.63, 3.8) is 0 Å². The average Bonchev–Trinajstić information content (AvgIpc) is 3.19. The Morgan fingerprint density at radius 2 is 1.41 bits per heavy atom. The quantitative estimate of drug-likeness (QED) is 0.211. The monoisotopic (exact) mass is 537 g/mol. The van der Waals surface area contributed by atoms with Crippen LogP contribution in [0.15, 0.2) is 72.9 Å². The highest BCUT2D eigenvalue weighted by Gasteiger charge is 2.32. The van der Waals surface area contributed by atoms with Crippen LogP contribution in [0.25, 0.3) is 32.1 Å². The number of thiophene rings is 1. The molecule has 0 atom stereocenters. The standard InChI is InChI=1S/C33H39NSSi2/c1-22-27-18-19-34-30(24-20-23-12-10-11-13-28(23)29(21-24)33(2,3)4)31(27)35-32(22)37(8,9)26-16-14-25(15-17-26)36(5,6)7/h10-21H,1-9H3. The summed E-state index contributed by atoms with van der Waals surface area (Å²) >= 11 is 1.98. The van der Waals surface area contributed by atoms with E-state index >= 15 is 0 Å². The lowest BCUT2D eigenvalue weighted by Crippen LogP contribution is -2.53. The van der Waals surface area contributed by atoms with E-state index < -0.39 is 16.1 Å². The second kappa shape index (κ2) is 9.04. The summed E-state index contributed by atoms with van der Waals surface area (Å²) in [7, 11) is -3.17. The second-order valence-electron chi connectivity index (χ2n) is 13.0. The summed E-state index contributed by atoms with van der Waals surface area (Å²) in [6.45, 7) is 21.5. The molecule has 1 nitrogen and oxygen atoms in total. The number of hydrogen-bond acceptors (Lipinski definition) is 2. The summed E-state index contributed by atoms with van der Waals surface area (Å²) < 4.78 is 2.89. The lowest BCUT2D eigenvalue weighted by Gasteiger charge is -2.24. The Morgan fingerprint density at radius 1 is 0.757 bits per heavy atom. The molecule has 2 heterocycles. The van der Waals surface area contributed by atoms with Gasteiger partial charge in [0.1, 0.15) is 8.07 Å². The number of hydrogen-bond donors (Lipinski definition) is 0. The van der Waals surface area contributed by atoms with Gasteiger partial charge in [-0.25, -0.2) is 0 Å². The number of benzene rings is 3. The molecule has 0 saturated carbocycles. The second-order valence-corrected chi connectivity index (χ2v) is 23.8. The Balaban J connectivity index is 1.68. The van der Waals surface area contributed by atoms with Gasteiger partial charge in [0.15, 0.2) is 0 Å². The molecule has 0 N–H and O–H groups in total. The van der Waals surface area contributed by atoms with Gasteiger partial charge in [0, 0.05) is 11.8 Å². The van der Waals surface area contributed by atoms with Gasteiger partial charge >= 0.3 is 0 Å². The number of aromatic nitrogens is 1. The van der Waals surface area contributed by atoms with Gasteiger partial charge in [0.2, 0.25) is 0 Å². The van der Waals surface area contributed by atoms with E-state index in [9.17, 15) is 0 Å². The summed E-state index contributed by atoms with van der Waals surface area (Å²) in [5.74, 6) is 0. The SMILES string of the molecule is Cc1c([Si](C)(C)c2ccc([Si](C)(C)C)cc2)sc2c(-c3cc(C(C)(C)C)c4ccccc4c3)nccc12. The van der Waals surface area contributed by atoms with Gasteiger partial charge in [0.05, 0.1) is 18.5 Å². The van der Waals surface area contributed by atoms with Crippen molar-refractivity contribution in [2.75, 3.05) is 0 Å². The molecule has 5 aromatic rings. The summed E-state index contributed by atoms with van der Waals surface area (Å²) in [5, 5.41) is 7.03. The Hall–Kier alpha value is -2.54. The summed E-state index contributed by atoms with van der Waals surface area (Å²) in [6, 6.07) is 25.3. The zero-order chi connectivity index (χ0) is 26.8. The van der Waals surface area contributed by atoms with E-state index in [0.717, 1.165) is 5.69 Å². The van der Waals surface area contributed by atoms with Gasteiger partial charge in [0.25, 0.3) is 0 Å². The van der Waals surface area contributed by atoms with E-state index in [1.165, 1.54) is 47.9 Å². The van der Waals surface area contributed by atoms with Crippen molar-refractivity contribution in [2.45, 2.75) is 65.8 Å². The molecule has 0 saturated heterocycles. The summed E-state index contributed by atoms with van der Waals surface area (Å²) in [4.78, 5) is 4.99. The lowest BCUT2D eigenvalue weighted by atomic mass is 9.82. The zero-order valence-electron chi connectivity index (χ0n) is 23.8. The van der Waals surface area contributed by atoms with Crippen LogP contribution in [0.3, 0.4) is 0 Å². The van der Waals surface area contributed by atoms with E-state index in [-0.39, 0.29) is 5.41 Å². The highest BCUT2D eigenvalue weighted by Crippen LogP contribution is 2.38. The van der Waals surface area contributed by atoms with Gasteiger partial charge in [-0.15, -0.1) is 11.3 Å². The van der Waals surface area contributed by atoms with Crippen LogP contribution in [0.2, 0.25) is 32.7 Å². The maximum Gasteiger partial charge on any atom is 0.125 e. The predicted octanol–water partition coefficient (Wildman–Crippen LogP) is 8.09. The number of pyridine rings is 1. The van der Waals surface area contributed by atoms with E-state index in [4.69, 9.17) is 4.98 Å². The molecule has 5 rings (SSSR count). The van der Waals surface area contributed by atoms with Crippen LogP contribution in [-0.2, 0) is 5.41 Å². The van der Waals surface area contributed by atoms with Gasteiger partial charge < -0.3 is 0 Å². The normalized spacial score (nSPS) is 13.0. The third-order valence-electron chi connectivity index (χ3n) is 7.84. The largest absolute Gasteiger partial charge is 0.255 e. The average molecular weight is 538 g/mol. The van der Waals surface area contributed by atoms with E-state index in [1.54, 1.807) is 4.50 Å². The molecule has 0 aliphatic carbocycles. The number of aryl methyl sites for hydroxylation is 1. The van der Waals surface area contributed by atoms with Crippen molar-refractivity contribution in [1.82, 2.24) is 4.98 Å². The van der Waals surface area contributed by atoms with Gasteiger partial charge in [-0.1, -0.05) is 112 Å². The number of fused-ring (bicyclic) bond motifs is 2. The first kappa shape index (κ1) is 26.1. The van der Waals surface area contributed by atoms with E-state index in [0.29, 0.717) is 0 Å². The Morgan fingerprint density at radius 3 is 2.05 bits per heavy atom. The molecule has 0 amide bonds. The lowest BCUT2D eigenvalue weighted by molar-refractivity contribution is 0.596. The molecule has 0 unspecified atom stereocenters. The minimum atomic E-state index is -1.87. The first-order valence-electron chi connectivity index (χ1n) is 13.3. The van der Waals surface area contributed by atoms with Crippen molar-refractivity contribution in [1.29, 1.82) is 0 Å². The van der Waals surface area contributed by atoms with Crippen LogP contribution >= 0.6 is 11.3 Å². The minimum absolute atomic E-state index is 0.0526. The third-order valence-corrected chi connectivity index (χ3v) is 16.2. The maximum absolute atomic E-state index is 4.99. The van der Waals surface area contributed by atoms with Crippen LogP contribution in [0.5, 0.6) is 0 Å². The Bertz CT molecular complexity index is 1610. The number of nitrogens with zero attached hydrogens (tertiary/aromatic N) is 1. The predicted molar refractivity (Wildman–Crippen MR) is 172 cm³/mol. The van der Waals surface area contributed by atoms with Crippen molar-refractivity contribution in [3.05, 3.63) is 84.1 Å². The first-order valence-corrected chi connectivity index (χ1v) is 20.6. The zero-order valence-corrected chi connectivity index (χ0v) is 26.6. The van der Waals surface area contributed by atoms with Crippen molar-refractivity contribution >= 4 is 63.2 Å². The van der Waals surface area contributed by atoms with Crippen LogP contribution < -0.4 is 14.9 Å². The van der Waals surface area contributed by atoms with E-state index in [2.05, 4.69) is 127 Å². The van der Waals surface area contributed by atoms with Crippen LogP contribution in [0, 0.1) is 6.92 Å². The topological polar surface area (TPSA) is 12.9 Å². The van der Waals surface area contributed by atoms with Crippen LogP contribution in [0.1, 0.15) is 31.9 Å². The smallest absolute Gasteiger partial charge is 0.125 e. The molecule has 0 fully saturated rings. The summed E-state index contributed by atoms with van der Waals surface area (Å²) in [6.07, 6.45) is 2.00. The Kier molecular flexibility index (Phi) is 6.37. The first-order chi connectivity index (χ1) is 17.3. The Labute approximate surface area is 228 Å². The minimum Gasteiger partial charge on any atom is -0.255 e. The molecule has 0 bridgehead atoms. The highest BCUT2D eigenvalue weighted by molar-refractivity contribution is 7.34.